The van der Waals surface area contributed by atoms with Gasteiger partial charge in [-0.05, 0) is 0 Å². The molecule has 0 aliphatic carbocycles. The summed E-state index contributed by atoms with van der Waals surface area (Å²) in [6.45, 7) is 3.08. The molecule has 6 nitrogen and oxygen atoms in total. The Labute approximate surface area is 87.2 Å². The summed E-state index contributed by atoms with van der Waals surface area (Å²) in [5, 5.41) is 4.81. The summed E-state index contributed by atoms with van der Waals surface area (Å²) >= 11 is 0. The van der Waals surface area contributed by atoms with Crippen molar-refractivity contribution >= 4 is 5.97 Å². The second-order valence-electron chi connectivity index (χ2n) is 3.18. The van der Waals surface area contributed by atoms with E-state index in [4.69, 9.17) is 4.84 Å². The number of carbonyl (C=O) groups is 1. The molecular formula is C9H12N4O2. The molecule has 0 spiro atoms. The van der Waals surface area contributed by atoms with E-state index in [1.54, 1.807) is 5.06 Å². The highest BCUT2D eigenvalue weighted by molar-refractivity contribution is 5.88. The maximum atomic E-state index is 11.5. The smallest absolute Gasteiger partial charge is 0.360 e. The molecule has 0 bridgehead atoms. The molecule has 0 atom stereocenters. The minimum Gasteiger partial charge on any atom is -0.364 e. The van der Waals surface area contributed by atoms with Gasteiger partial charge < -0.3 is 10.2 Å². The summed E-state index contributed by atoms with van der Waals surface area (Å²) in [5.74, 6) is -0.405. The van der Waals surface area contributed by atoms with Crippen LogP contribution in [0.15, 0.2) is 18.7 Å². The van der Waals surface area contributed by atoms with Crippen molar-refractivity contribution in [2.75, 3.05) is 26.2 Å². The summed E-state index contributed by atoms with van der Waals surface area (Å²) in [6, 6.07) is 0. The first kappa shape index (κ1) is 10.0. The number of hydrogen-bond donors (Lipinski definition) is 1. The van der Waals surface area contributed by atoms with Crippen molar-refractivity contribution in [2.24, 2.45) is 0 Å². The molecule has 2 heterocycles. The summed E-state index contributed by atoms with van der Waals surface area (Å²) in [4.78, 5) is 24.2. The summed E-state index contributed by atoms with van der Waals surface area (Å²) in [5.41, 5.74) is 0.371. The van der Waals surface area contributed by atoms with Crippen molar-refractivity contribution in [3.8, 4) is 0 Å². The average Bonchev–Trinajstić information content (AvgIpc) is 2.31. The fourth-order valence-electron chi connectivity index (χ4n) is 1.31. The lowest BCUT2D eigenvalue weighted by Crippen LogP contribution is -2.44. The van der Waals surface area contributed by atoms with Crippen LogP contribution in [0.1, 0.15) is 10.4 Å². The van der Waals surface area contributed by atoms with Crippen LogP contribution in [-0.2, 0) is 4.84 Å². The molecule has 1 aliphatic rings. The number of nitrogens with one attached hydrogen (secondary N) is 1. The highest BCUT2D eigenvalue weighted by Gasteiger charge is 2.16. The number of rotatable bonds is 2. The van der Waals surface area contributed by atoms with Crippen molar-refractivity contribution in [2.45, 2.75) is 0 Å². The predicted molar refractivity (Wildman–Crippen MR) is 51.9 cm³/mol. The average molecular weight is 208 g/mol. The number of aromatic nitrogens is 2. The van der Waals surface area contributed by atoms with Gasteiger partial charge >= 0.3 is 5.97 Å². The predicted octanol–water partition coefficient (Wildman–Crippen LogP) is -0.546. The minimum atomic E-state index is -0.405. The van der Waals surface area contributed by atoms with E-state index in [0.29, 0.717) is 18.7 Å². The van der Waals surface area contributed by atoms with Crippen molar-refractivity contribution in [3.63, 3.8) is 0 Å². The third-order valence-electron chi connectivity index (χ3n) is 2.08. The largest absolute Gasteiger partial charge is 0.364 e. The number of piperazine rings is 1. The molecule has 0 aromatic carbocycles. The summed E-state index contributed by atoms with van der Waals surface area (Å²) in [7, 11) is 0. The second kappa shape index (κ2) is 4.81. The van der Waals surface area contributed by atoms with Crippen LogP contribution in [0.5, 0.6) is 0 Å². The number of nitrogens with zero attached hydrogens (tertiary/aromatic N) is 3. The molecule has 1 aliphatic heterocycles. The maximum Gasteiger partial charge on any atom is 0.360 e. The monoisotopic (exact) mass is 208 g/mol. The third kappa shape index (κ3) is 2.71. The molecule has 1 saturated heterocycles. The first-order valence-corrected chi connectivity index (χ1v) is 4.79. The molecule has 6 heteroatoms. The van der Waals surface area contributed by atoms with Gasteiger partial charge in [-0.25, -0.2) is 14.8 Å². The first-order chi connectivity index (χ1) is 7.36. The van der Waals surface area contributed by atoms with Crippen molar-refractivity contribution < 1.29 is 9.63 Å². The van der Waals surface area contributed by atoms with E-state index >= 15 is 0 Å². The Morgan fingerprint density at radius 2 is 2.00 bits per heavy atom. The van der Waals surface area contributed by atoms with Gasteiger partial charge in [0.25, 0.3) is 0 Å². The van der Waals surface area contributed by atoms with Crippen molar-refractivity contribution in [3.05, 3.63) is 24.3 Å². The van der Waals surface area contributed by atoms with Crippen LogP contribution in [-0.4, -0.2) is 47.2 Å². The van der Waals surface area contributed by atoms with Crippen LogP contribution in [0.2, 0.25) is 0 Å². The van der Waals surface area contributed by atoms with Gasteiger partial charge in [-0.15, -0.1) is 5.06 Å². The number of hydrogen-bond acceptors (Lipinski definition) is 6. The Balaban J connectivity index is 1.91. The van der Waals surface area contributed by atoms with Gasteiger partial charge in [0.05, 0.1) is 5.56 Å². The zero-order chi connectivity index (χ0) is 10.5. The lowest BCUT2D eigenvalue weighted by molar-refractivity contribution is -0.115. The van der Waals surface area contributed by atoms with Gasteiger partial charge in [0.15, 0.2) is 0 Å². The van der Waals surface area contributed by atoms with E-state index in [-0.39, 0.29) is 0 Å². The van der Waals surface area contributed by atoms with Crippen LogP contribution in [0.3, 0.4) is 0 Å². The molecule has 0 radical (unpaired) electrons. The zero-order valence-corrected chi connectivity index (χ0v) is 8.22. The van der Waals surface area contributed by atoms with Crippen molar-refractivity contribution in [1.29, 1.82) is 0 Å². The van der Waals surface area contributed by atoms with Crippen LogP contribution in [0.25, 0.3) is 0 Å². The Hall–Kier alpha value is -1.53. The number of carbonyl (C=O) groups excluding carboxylic acids is 1. The minimum absolute atomic E-state index is 0.371. The highest BCUT2D eigenvalue weighted by atomic mass is 16.7. The molecule has 2 rings (SSSR count). The molecule has 15 heavy (non-hydrogen) atoms. The summed E-state index contributed by atoms with van der Waals surface area (Å²) < 4.78 is 0. The van der Waals surface area contributed by atoms with Crippen LogP contribution >= 0.6 is 0 Å². The first-order valence-electron chi connectivity index (χ1n) is 4.79. The van der Waals surface area contributed by atoms with Gasteiger partial charge in [0.1, 0.15) is 6.33 Å². The maximum absolute atomic E-state index is 11.5. The molecule has 1 aromatic rings. The van der Waals surface area contributed by atoms with E-state index < -0.39 is 5.97 Å². The van der Waals surface area contributed by atoms with Gasteiger partial charge in [-0.2, -0.15) is 0 Å². The fraction of sp³-hybridized carbons (Fsp3) is 0.444. The quantitative estimate of drug-likeness (QED) is 0.703. The van der Waals surface area contributed by atoms with Gasteiger partial charge in [-0.3, -0.25) is 0 Å². The van der Waals surface area contributed by atoms with Crippen LogP contribution < -0.4 is 5.32 Å². The third-order valence-corrected chi connectivity index (χ3v) is 2.08. The standard InChI is InChI=1S/C9H12N4O2/c14-9(8-5-11-7-12-6-8)15-13-3-1-10-2-4-13/h5-7,10H,1-4H2. The lowest BCUT2D eigenvalue weighted by Gasteiger charge is -2.25. The van der Waals surface area contributed by atoms with Gasteiger partial charge in [0.2, 0.25) is 0 Å². The van der Waals surface area contributed by atoms with Crippen molar-refractivity contribution in [1.82, 2.24) is 20.3 Å². The van der Waals surface area contributed by atoms with Gasteiger partial charge in [-0.1, -0.05) is 0 Å². The topological polar surface area (TPSA) is 67.3 Å². The summed E-state index contributed by atoms with van der Waals surface area (Å²) in [6.07, 6.45) is 4.26. The fourth-order valence-corrected chi connectivity index (χ4v) is 1.31. The molecule has 0 unspecified atom stereocenters. The second-order valence-corrected chi connectivity index (χ2v) is 3.18. The Kier molecular flexibility index (Phi) is 3.21. The normalized spacial score (nSPS) is 17.3. The molecule has 0 amide bonds. The van der Waals surface area contributed by atoms with Crippen LogP contribution in [0, 0.1) is 0 Å². The molecule has 0 saturated carbocycles. The number of hydroxylamine groups is 2. The Bertz CT molecular complexity index is 324. The lowest BCUT2D eigenvalue weighted by atomic mass is 10.3. The molecule has 80 valence electrons. The SMILES string of the molecule is O=C(ON1CCNCC1)c1cncnc1. The van der Waals surface area contributed by atoms with E-state index in [1.165, 1.54) is 18.7 Å². The van der Waals surface area contributed by atoms with E-state index in [2.05, 4.69) is 15.3 Å². The van der Waals surface area contributed by atoms with E-state index in [9.17, 15) is 4.79 Å². The molecule has 1 N–H and O–H groups in total. The molecular weight excluding hydrogens is 196 g/mol. The van der Waals surface area contributed by atoms with Gasteiger partial charge in [0, 0.05) is 38.6 Å². The van der Waals surface area contributed by atoms with E-state index in [1.807, 2.05) is 0 Å². The zero-order valence-electron chi connectivity index (χ0n) is 8.22. The van der Waals surface area contributed by atoms with E-state index in [0.717, 1.165) is 13.1 Å². The Morgan fingerprint density at radius 3 is 2.67 bits per heavy atom. The molecule has 1 fully saturated rings. The molecule has 1 aromatic heterocycles. The Morgan fingerprint density at radius 1 is 1.33 bits per heavy atom. The highest BCUT2D eigenvalue weighted by Crippen LogP contribution is 2.01. The van der Waals surface area contributed by atoms with Crippen LogP contribution in [0.4, 0.5) is 0 Å².